The van der Waals surface area contributed by atoms with Crippen molar-refractivity contribution in [1.29, 1.82) is 5.26 Å². The highest BCUT2D eigenvalue weighted by molar-refractivity contribution is 5.28. The lowest BCUT2D eigenvalue weighted by Crippen LogP contribution is -2.20. The molecule has 0 bridgehead atoms. The van der Waals surface area contributed by atoms with Crippen molar-refractivity contribution in [3.05, 3.63) is 29.8 Å². The molecule has 0 aliphatic rings. The third kappa shape index (κ3) is 5.37. The van der Waals surface area contributed by atoms with Gasteiger partial charge in [-0.15, -0.1) is 0 Å². The van der Waals surface area contributed by atoms with Crippen molar-refractivity contribution in [2.75, 3.05) is 13.2 Å². The number of hydrogen-bond donors (Lipinski definition) is 1. The zero-order valence-electron chi connectivity index (χ0n) is 10.6. The van der Waals surface area contributed by atoms with Gasteiger partial charge in [-0.1, -0.05) is 32.4 Å². The van der Waals surface area contributed by atoms with Gasteiger partial charge in [0.1, 0.15) is 11.8 Å². The molecular weight excluding hydrogens is 212 g/mol. The molecule has 17 heavy (non-hydrogen) atoms. The fourth-order valence-corrected chi connectivity index (χ4v) is 1.47. The molecule has 3 heteroatoms. The molecule has 3 nitrogen and oxygen atoms in total. The summed E-state index contributed by atoms with van der Waals surface area (Å²) < 4.78 is 5.26. The van der Waals surface area contributed by atoms with E-state index in [1.165, 1.54) is 12.0 Å². The number of nitriles is 1. The first-order chi connectivity index (χ1) is 8.26. The van der Waals surface area contributed by atoms with Gasteiger partial charge in [-0.25, -0.2) is 0 Å². The molecule has 1 aromatic rings. The van der Waals surface area contributed by atoms with Crippen LogP contribution >= 0.6 is 0 Å². The molecule has 92 valence electrons. The Morgan fingerprint density at radius 1 is 1.47 bits per heavy atom. The normalized spacial score (nSPS) is 11.8. The lowest BCUT2D eigenvalue weighted by Gasteiger charge is -2.10. The maximum absolute atomic E-state index is 8.44. The van der Waals surface area contributed by atoms with Crippen LogP contribution in [0.15, 0.2) is 24.3 Å². The lowest BCUT2D eigenvalue weighted by molar-refractivity contribution is 0.367. The molecule has 1 N–H and O–H groups in total. The quantitative estimate of drug-likeness (QED) is 0.786. The molecule has 0 fully saturated rings. The number of rotatable bonds is 7. The summed E-state index contributed by atoms with van der Waals surface area (Å²) in [6.07, 6.45) is 1.19. The molecule has 0 saturated heterocycles. The predicted molar refractivity (Wildman–Crippen MR) is 68.7 cm³/mol. The van der Waals surface area contributed by atoms with Crippen LogP contribution in [0.5, 0.6) is 5.75 Å². The van der Waals surface area contributed by atoms with E-state index in [2.05, 4.69) is 25.2 Å². The van der Waals surface area contributed by atoms with Crippen molar-refractivity contribution in [3.63, 3.8) is 0 Å². The molecule has 1 rings (SSSR count). The van der Waals surface area contributed by atoms with Gasteiger partial charge in [0, 0.05) is 6.54 Å². The van der Waals surface area contributed by atoms with E-state index in [1.54, 1.807) is 0 Å². The van der Waals surface area contributed by atoms with Gasteiger partial charge in [0.05, 0.1) is 0 Å². The van der Waals surface area contributed by atoms with Crippen molar-refractivity contribution in [3.8, 4) is 11.8 Å². The standard InChI is InChI=1S/C14H20N2O/c1-3-12(2)10-16-11-13-5-4-6-14(9-13)17-8-7-15/h4-6,9,12,16H,3,8,10-11H2,1-2H3. The molecule has 0 aromatic heterocycles. The van der Waals surface area contributed by atoms with E-state index in [0.717, 1.165) is 18.8 Å². The third-order valence-electron chi connectivity index (χ3n) is 2.72. The Balaban J connectivity index is 2.40. The Hall–Kier alpha value is -1.53. The monoisotopic (exact) mass is 232 g/mol. The Labute approximate surface area is 103 Å². The predicted octanol–water partition coefficient (Wildman–Crippen LogP) is 2.72. The van der Waals surface area contributed by atoms with Crippen LogP contribution in [0.25, 0.3) is 0 Å². The molecule has 0 aliphatic heterocycles. The molecule has 0 saturated carbocycles. The van der Waals surface area contributed by atoms with E-state index >= 15 is 0 Å². The average molecular weight is 232 g/mol. The van der Waals surface area contributed by atoms with Crippen molar-refractivity contribution in [2.24, 2.45) is 5.92 Å². The Kier molecular flexibility index (Phi) is 6.13. The van der Waals surface area contributed by atoms with Crippen LogP contribution in [0.1, 0.15) is 25.8 Å². The van der Waals surface area contributed by atoms with E-state index in [-0.39, 0.29) is 6.61 Å². The molecule has 1 aromatic carbocycles. The van der Waals surface area contributed by atoms with Crippen LogP contribution in [-0.2, 0) is 6.54 Å². The molecule has 0 amide bonds. The number of hydrogen-bond acceptors (Lipinski definition) is 3. The summed E-state index contributed by atoms with van der Waals surface area (Å²) in [7, 11) is 0. The van der Waals surface area contributed by atoms with Gasteiger partial charge >= 0.3 is 0 Å². The third-order valence-corrected chi connectivity index (χ3v) is 2.72. The highest BCUT2D eigenvalue weighted by Gasteiger charge is 1.99. The first-order valence-electron chi connectivity index (χ1n) is 6.05. The van der Waals surface area contributed by atoms with Crippen molar-refractivity contribution in [1.82, 2.24) is 5.32 Å². The highest BCUT2D eigenvalue weighted by atomic mass is 16.5. The zero-order chi connectivity index (χ0) is 12.5. The first-order valence-corrected chi connectivity index (χ1v) is 6.05. The van der Waals surface area contributed by atoms with Gasteiger partial charge in [-0.05, 0) is 30.2 Å². The number of ether oxygens (including phenoxy) is 1. The zero-order valence-corrected chi connectivity index (χ0v) is 10.6. The van der Waals surface area contributed by atoms with E-state index < -0.39 is 0 Å². The van der Waals surface area contributed by atoms with Gasteiger partial charge in [-0.3, -0.25) is 0 Å². The summed E-state index contributed by atoms with van der Waals surface area (Å²) in [5.74, 6) is 1.46. The van der Waals surface area contributed by atoms with E-state index in [0.29, 0.717) is 5.92 Å². The fourth-order valence-electron chi connectivity index (χ4n) is 1.47. The second kappa shape index (κ2) is 7.70. The number of benzene rings is 1. The Bertz CT molecular complexity index is 371. The minimum atomic E-state index is 0.101. The molecule has 0 radical (unpaired) electrons. The van der Waals surface area contributed by atoms with Gasteiger partial charge < -0.3 is 10.1 Å². The maximum Gasteiger partial charge on any atom is 0.174 e. The van der Waals surface area contributed by atoms with Gasteiger partial charge in [0.2, 0.25) is 0 Å². The summed E-state index contributed by atoms with van der Waals surface area (Å²) in [5, 5.41) is 11.9. The number of nitrogens with zero attached hydrogens (tertiary/aromatic N) is 1. The van der Waals surface area contributed by atoms with Gasteiger partial charge in [0.15, 0.2) is 6.61 Å². The summed E-state index contributed by atoms with van der Waals surface area (Å²) in [4.78, 5) is 0. The largest absolute Gasteiger partial charge is 0.479 e. The van der Waals surface area contributed by atoms with E-state index in [1.807, 2.05) is 24.3 Å². The van der Waals surface area contributed by atoms with Crippen molar-refractivity contribution < 1.29 is 4.74 Å². The number of nitrogens with one attached hydrogen (secondary N) is 1. The smallest absolute Gasteiger partial charge is 0.174 e. The summed E-state index contributed by atoms with van der Waals surface area (Å²) >= 11 is 0. The summed E-state index contributed by atoms with van der Waals surface area (Å²) in [5.41, 5.74) is 1.18. The average Bonchev–Trinajstić information content (AvgIpc) is 2.36. The van der Waals surface area contributed by atoms with Crippen LogP contribution < -0.4 is 10.1 Å². The molecule has 1 unspecified atom stereocenters. The van der Waals surface area contributed by atoms with Gasteiger partial charge in [0.25, 0.3) is 0 Å². The van der Waals surface area contributed by atoms with Crippen LogP contribution in [0, 0.1) is 17.2 Å². The molecule has 0 spiro atoms. The lowest BCUT2D eigenvalue weighted by atomic mass is 10.1. The van der Waals surface area contributed by atoms with Crippen LogP contribution in [0.2, 0.25) is 0 Å². The minimum absolute atomic E-state index is 0.101. The van der Waals surface area contributed by atoms with Crippen molar-refractivity contribution >= 4 is 0 Å². The van der Waals surface area contributed by atoms with Gasteiger partial charge in [-0.2, -0.15) is 5.26 Å². The molecule has 0 aliphatic carbocycles. The second-order valence-electron chi connectivity index (χ2n) is 4.24. The van der Waals surface area contributed by atoms with E-state index in [4.69, 9.17) is 10.00 Å². The van der Waals surface area contributed by atoms with Crippen LogP contribution in [0.4, 0.5) is 0 Å². The van der Waals surface area contributed by atoms with Crippen LogP contribution in [-0.4, -0.2) is 13.2 Å². The Morgan fingerprint density at radius 3 is 3.00 bits per heavy atom. The Morgan fingerprint density at radius 2 is 2.29 bits per heavy atom. The summed E-state index contributed by atoms with van der Waals surface area (Å²) in [6.45, 7) is 6.40. The first kappa shape index (κ1) is 13.5. The molecule has 0 heterocycles. The van der Waals surface area contributed by atoms with Crippen LogP contribution in [0.3, 0.4) is 0 Å². The van der Waals surface area contributed by atoms with E-state index in [9.17, 15) is 0 Å². The second-order valence-corrected chi connectivity index (χ2v) is 4.24. The summed E-state index contributed by atoms with van der Waals surface area (Å²) in [6, 6.07) is 9.82. The molecule has 1 atom stereocenters. The van der Waals surface area contributed by atoms with Crippen molar-refractivity contribution in [2.45, 2.75) is 26.8 Å². The molecular formula is C14H20N2O. The highest BCUT2D eigenvalue weighted by Crippen LogP contribution is 2.13. The SMILES string of the molecule is CCC(C)CNCc1cccc(OCC#N)c1. The topological polar surface area (TPSA) is 45.0 Å². The minimum Gasteiger partial charge on any atom is -0.479 e. The maximum atomic E-state index is 8.44. The fraction of sp³-hybridized carbons (Fsp3) is 0.500.